The molecule has 0 aromatic heterocycles. The number of carbonyl (C=O) groups is 1. The lowest BCUT2D eigenvalue weighted by Crippen LogP contribution is -2.41. The van der Waals surface area contributed by atoms with E-state index in [2.05, 4.69) is 59.9 Å². The van der Waals surface area contributed by atoms with Gasteiger partial charge < -0.3 is 10.2 Å². The number of hydrogen-bond donors (Lipinski definition) is 1. The molecule has 1 heterocycles. The van der Waals surface area contributed by atoms with Crippen molar-refractivity contribution < 1.29 is 4.79 Å². The Kier molecular flexibility index (Phi) is 6.48. The number of urea groups is 1. The van der Waals surface area contributed by atoms with Gasteiger partial charge in [0.05, 0.1) is 0 Å². The third-order valence-corrected chi connectivity index (χ3v) is 6.19. The van der Waals surface area contributed by atoms with E-state index in [0.717, 1.165) is 43.6 Å². The van der Waals surface area contributed by atoms with Crippen molar-refractivity contribution in [2.75, 3.05) is 18.4 Å². The summed E-state index contributed by atoms with van der Waals surface area (Å²) in [6, 6.07) is 27.4. The highest BCUT2D eigenvalue weighted by Gasteiger charge is 2.22. The zero-order valence-corrected chi connectivity index (χ0v) is 17.7. The van der Waals surface area contributed by atoms with Crippen LogP contribution in [0.5, 0.6) is 0 Å². The van der Waals surface area contributed by atoms with Gasteiger partial charge in [0.2, 0.25) is 0 Å². The van der Waals surface area contributed by atoms with Crippen LogP contribution in [0.25, 0.3) is 11.1 Å². The third kappa shape index (κ3) is 5.10. The lowest BCUT2D eigenvalue weighted by atomic mass is 9.90. The zero-order chi connectivity index (χ0) is 20.8. The van der Waals surface area contributed by atoms with Crippen LogP contribution in [0.3, 0.4) is 0 Å². The largest absolute Gasteiger partial charge is 0.325 e. The maximum absolute atomic E-state index is 12.6. The van der Waals surface area contributed by atoms with Gasteiger partial charge in [0.25, 0.3) is 0 Å². The first kappa shape index (κ1) is 20.2. The molecule has 30 heavy (non-hydrogen) atoms. The minimum Gasteiger partial charge on any atom is -0.325 e. The van der Waals surface area contributed by atoms with Gasteiger partial charge in [0.1, 0.15) is 0 Å². The Bertz CT molecular complexity index is 958. The molecule has 3 aromatic carbocycles. The SMILES string of the molecule is Cc1ccccc1NC(=O)N1CCC(CCc2ccc(-c3ccccc3)cc2)CC1. The molecule has 1 fully saturated rings. The van der Waals surface area contributed by atoms with E-state index in [1.807, 2.05) is 36.1 Å². The van der Waals surface area contributed by atoms with Crippen molar-refractivity contribution in [3.05, 3.63) is 90.0 Å². The number of nitrogens with zero attached hydrogens (tertiary/aromatic N) is 1. The molecule has 3 heteroatoms. The Labute approximate surface area is 179 Å². The number of hydrogen-bond acceptors (Lipinski definition) is 1. The van der Waals surface area contributed by atoms with Crippen LogP contribution in [0, 0.1) is 12.8 Å². The minimum absolute atomic E-state index is 0.0271. The van der Waals surface area contributed by atoms with Crippen molar-refractivity contribution in [3.63, 3.8) is 0 Å². The van der Waals surface area contributed by atoms with Crippen LogP contribution in [0.15, 0.2) is 78.9 Å². The highest BCUT2D eigenvalue weighted by Crippen LogP contribution is 2.25. The molecule has 0 aliphatic carbocycles. The van der Waals surface area contributed by atoms with Crippen molar-refractivity contribution in [2.45, 2.75) is 32.6 Å². The fourth-order valence-electron chi connectivity index (χ4n) is 4.20. The minimum atomic E-state index is 0.0271. The molecule has 0 bridgehead atoms. The number of amides is 2. The number of rotatable bonds is 5. The van der Waals surface area contributed by atoms with Crippen LogP contribution in [-0.2, 0) is 6.42 Å². The van der Waals surface area contributed by atoms with Gasteiger partial charge in [-0.15, -0.1) is 0 Å². The highest BCUT2D eigenvalue weighted by atomic mass is 16.2. The Morgan fingerprint density at radius 1 is 0.867 bits per heavy atom. The van der Waals surface area contributed by atoms with Gasteiger partial charge >= 0.3 is 6.03 Å². The smallest absolute Gasteiger partial charge is 0.321 e. The van der Waals surface area contributed by atoms with Crippen LogP contribution in [0.2, 0.25) is 0 Å². The Hall–Kier alpha value is -3.07. The summed E-state index contributed by atoms with van der Waals surface area (Å²) in [6.07, 6.45) is 4.47. The summed E-state index contributed by atoms with van der Waals surface area (Å²) >= 11 is 0. The summed E-state index contributed by atoms with van der Waals surface area (Å²) in [7, 11) is 0. The average Bonchev–Trinajstić information content (AvgIpc) is 2.80. The first-order valence-corrected chi connectivity index (χ1v) is 10.9. The van der Waals surface area contributed by atoms with E-state index in [1.54, 1.807) is 0 Å². The van der Waals surface area contributed by atoms with E-state index in [9.17, 15) is 4.79 Å². The number of likely N-dealkylation sites (tertiary alicyclic amines) is 1. The molecule has 0 saturated carbocycles. The van der Waals surface area contributed by atoms with Crippen molar-refractivity contribution in [2.24, 2.45) is 5.92 Å². The van der Waals surface area contributed by atoms with E-state index >= 15 is 0 Å². The second kappa shape index (κ2) is 9.62. The van der Waals surface area contributed by atoms with Crippen LogP contribution < -0.4 is 5.32 Å². The number of carbonyl (C=O) groups excluding carboxylic acids is 1. The average molecular weight is 399 g/mol. The van der Waals surface area contributed by atoms with E-state index < -0.39 is 0 Å². The normalized spacial score (nSPS) is 14.5. The number of para-hydroxylation sites is 1. The number of aryl methyl sites for hydroxylation is 2. The first-order valence-electron chi connectivity index (χ1n) is 10.9. The van der Waals surface area contributed by atoms with E-state index in [4.69, 9.17) is 0 Å². The highest BCUT2D eigenvalue weighted by molar-refractivity contribution is 5.90. The Balaban J connectivity index is 1.23. The second-order valence-corrected chi connectivity index (χ2v) is 8.28. The van der Waals surface area contributed by atoms with Gasteiger partial charge in [-0.05, 0) is 66.8 Å². The molecular weight excluding hydrogens is 368 g/mol. The fraction of sp³-hybridized carbons (Fsp3) is 0.296. The second-order valence-electron chi connectivity index (χ2n) is 8.28. The predicted octanol–water partition coefficient (Wildman–Crippen LogP) is 6.54. The van der Waals surface area contributed by atoms with Gasteiger partial charge in [-0.2, -0.15) is 0 Å². The molecule has 0 radical (unpaired) electrons. The van der Waals surface area contributed by atoms with Crippen LogP contribution in [-0.4, -0.2) is 24.0 Å². The molecule has 0 spiro atoms. The molecule has 3 aromatic rings. The summed E-state index contributed by atoms with van der Waals surface area (Å²) in [5.74, 6) is 0.696. The molecule has 0 atom stereocenters. The Morgan fingerprint density at radius 3 is 2.20 bits per heavy atom. The summed E-state index contributed by atoms with van der Waals surface area (Å²) in [5.41, 5.74) is 5.93. The van der Waals surface area contributed by atoms with Crippen LogP contribution >= 0.6 is 0 Å². The molecule has 3 nitrogen and oxygen atoms in total. The third-order valence-electron chi connectivity index (χ3n) is 6.19. The van der Waals surface area contributed by atoms with Gasteiger partial charge in [0.15, 0.2) is 0 Å². The number of nitrogens with one attached hydrogen (secondary N) is 1. The summed E-state index contributed by atoms with van der Waals surface area (Å²) in [5, 5.41) is 3.06. The van der Waals surface area contributed by atoms with Gasteiger partial charge in [-0.25, -0.2) is 4.79 Å². The molecule has 1 saturated heterocycles. The summed E-state index contributed by atoms with van der Waals surface area (Å²) in [4.78, 5) is 14.5. The molecule has 1 N–H and O–H groups in total. The fourth-order valence-corrected chi connectivity index (χ4v) is 4.20. The molecule has 0 unspecified atom stereocenters. The number of piperidine rings is 1. The maximum atomic E-state index is 12.6. The lowest BCUT2D eigenvalue weighted by molar-refractivity contribution is 0.180. The van der Waals surface area contributed by atoms with Crippen LogP contribution in [0.4, 0.5) is 10.5 Å². The predicted molar refractivity (Wildman–Crippen MR) is 125 cm³/mol. The monoisotopic (exact) mass is 398 g/mol. The van der Waals surface area contributed by atoms with Gasteiger partial charge in [-0.1, -0.05) is 72.8 Å². The molecule has 2 amide bonds. The van der Waals surface area contributed by atoms with Gasteiger partial charge in [0, 0.05) is 18.8 Å². The Morgan fingerprint density at radius 2 is 1.50 bits per heavy atom. The maximum Gasteiger partial charge on any atom is 0.321 e. The molecule has 4 rings (SSSR count). The van der Waals surface area contributed by atoms with E-state index in [-0.39, 0.29) is 6.03 Å². The lowest BCUT2D eigenvalue weighted by Gasteiger charge is -2.32. The van der Waals surface area contributed by atoms with E-state index in [1.165, 1.54) is 23.1 Å². The summed E-state index contributed by atoms with van der Waals surface area (Å²) < 4.78 is 0. The van der Waals surface area contributed by atoms with E-state index in [0.29, 0.717) is 5.92 Å². The zero-order valence-electron chi connectivity index (χ0n) is 17.7. The molecule has 1 aliphatic heterocycles. The molecule has 1 aliphatic rings. The molecular formula is C27H30N2O. The summed E-state index contributed by atoms with van der Waals surface area (Å²) in [6.45, 7) is 3.71. The number of anilines is 1. The topological polar surface area (TPSA) is 32.3 Å². The van der Waals surface area contributed by atoms with Crippen molar-refractivity contribution in [1.82, 2.24) is 4.90 Å². The first-order chi connectivity index (χ1) is 14.7. The van der Waals surface area contributed by atoms with Crippen molar-refractivity contribution >= 4 is 11.7 Å². The quantitative estimate of drug-likeness (QED) is 0.520. The van der Waals surface area contributed by atoms with Crippen molar-refractivity contribution in [3.8, 4) is 11.1 Å². The van der Waals surface area contributed by atoms with Gasteiger partial charge in [-0.3, -0.25) is 0 Å². The van der Waals surface area contributed by atoms with Crippen LogP contribution in [0.1, 0.15) is 30.4 Å². The molecule has 154 valence electrons. The van der Waals surface area contributed by atoms with Crippen molar-refractivity contribution in [1.29, 1.82) is 0 Å². The standard InChI is InChI=1S/C27H30N2O/c1-21-7-5-6-10-26(21)28-27(30)29-19-17-23(18-20-29)12-11-22-13-15-25(16-14-22)24-8-3-2-4-9-24/h2-10,13-16,23H,11-12,17-20H2,1H3,(H,28,30). The number of benzene rings is 3.